The van der Waals surface area contributed by atoms with Gasteiger partial charge in [-0.05, 0) is 42.8 Å². The largest absolute Gasteiger partial charge is 0.326 e. The summed E-state index contributed by atoms with van der Waals surface area (Å²) < 4.78 is 0.939. The molecule has 0 aliphatic heterocycles. The first-order valence-corrected chi connectivity index (χ1v) is 7.76. The van der Waals surface area contributed by atoms with E-state index in [-0.39, 0.29) is 11.8 Å². The maximum absolute atomic E-state index is 12.3. The topological polar surface area (TPSA) is 58.2 Å². The summed E-state index contributed by atoms with van der Waals surface area (Å²) in [5.41, 5.74) is 2.92. The summed E-state index contributed by atoms with van der Waals surface area (Å²) >= 11 is 3.44. The molecule has 0 aliphatic rings. The number of carbonyl (C=O) groups excluding carboxylic acids is 2. The lowest BCUT2D eigenvalue weighted by atomic mass is 10.1. The van der Waals surface area contributed by atoms with Crippen molar-refractivity contribution in [1.29, 1.82) is 0 Å². The predicted molar refractivity (Wildman–Crippen MR) is 92.2 cm³/mol. The minimum atomic E-state index is -0.219. The van der Waals surface area contributed by atoms with Crippen LogP contribution in [0, 0.1) is 6.92 Å². The molecule has 0 unspecified atom stereocenters. The van der Waals surface area contributed by atoms with Crippen LogP contribution in [-0.2, 0) is 4.79 Å². The molecule has 0 fully saturated rings. The van der Waals surface area contributed by atoms with E-state index in [9.17, 15) is 9.59 Å². The average Bonchev–Trinajstić information content (AvgIpc) is 2.51. The smallest absolute Gasteiger partial charge is 0.255 e. The van der Waals surface area contributed by atoms with Gasteiger partial charge in [-0.3, -0.25) is 9.59 Å². The van der Waals surface area contributed by atoms with Crippen LogP contribution >= 0.6 is 15.9 Å². The predicted octanol–water partition coefficient (Wildman–Crippen LogP) is 4.36. The Kier molecular flexibility index (Phi) is 5.33. The number of anilines is 2. The highest BCUT2D eigenvalue weighted by Crippen LogP contribution is 2.21. The highest BCUT2D eigenvalue weighted by Gasteiger charge is 2.08. The highest BCUT2D eigenvalue weighted by atomic mass is 79.9. The van der Waals surface area contributed by atoms with Crippen LogP contribution in [0.15, 0.2) is 46.9 Å². The third kappa shape index (κ3) is 4.18. The number of hydrogen-bond acceptors (Lipinski definition) is 2. The zero-order chi connectivity index (χ0) is 16.1. The molecule has 2 aromatic carbocycles. The number of benzene rings is 2. The number of nitrogens with one attached hydrogen (secondary N) is 2. The lowest BCUT2D eigenvalue weighted by Crippen LogP contribution is -2.14. The Hall–Kier alpha value is -2.14. The molecular weight excluding hydrogens is 344 g/mol. The minimum absolute atomic E-state index is 0.0833. The first-order chi connectivity index (χ1) is 10.5. The van der Waals surface area contributed by atoms with Gasteiger partial charge in [0.05, 0.1) is 0 Å². The van der Waals surface area contributed by atoms with E-state index in [0.717, 1.165) is 10.0 Å². The van der Waals surface area contributed by atoms with Crippen molar-refractivity contribution < 1.29 is 9.59 Å². The molecule has 0 bridgehead atoms. The summed E-state index contributed by atoms with van der Waals surface area (Å²) in [4.78, 5) is 23.7. The maximum atomic E-state index is 12.3. The molecule has 0 heterocycles. The first kappa shape index (κ1) is 16.2. The van der Waals surface area contributed by atoms with Crippen molar-refractivity contribution in [2.75, 3.05) is 10.6 Å². The summed E-state index contributed by atoms with van der Waals surface area (Å²) in [6, 6.07) is 12.5. The molecule has 114 valence electrons. The quantitative estimate of drug-likeness (QED) is 0.850. The Bertz CT molecular complexity index is 714. The third-order valence-corrected chi connectivity index (χ3v) is 4.01. The number of halogens is 1. The fourth-order valence-corrected chi connectivity index (χ4v) is 2.24. The van der Waals surface area contributed by atoms with Crippen LogP contribution in [0.4, 0.5) is 11.4 Å². The molecule has 22 heavy (non-hydrogen) atoms. The van der Waals surface area contributed by atoms with Crippen LogP contribution in [0.25, 0.3) is 0 Å². The van der Waals surface area contributed by atoms with Crippen molar-refractivity contribution in [2.45, 2.75) is 20.3 Å². The molecule has 2 amide bonds. The summed E-state index contributed by atoms with van der Waals surface area (Å²) in [5.74, 6) is -0.302. The molecule has 2 aromatic rings. The van der Waals surface area contributed by atoms with Gasteiger partial charge >= 0.3 is 0 Å². The molecule has 0 radical (unpaired) electrons. The molecule has 0 aliphatic carbocycles. The molecule has 0 saturated carbocycles. The van der Waals surface area contributed by atoms with E-state index in [2.05, 4.69) is 26.6 Å². The van der Waals surface area contributed by atoms with E-state index in [1.54, 1.807) is 31.2 Å². The van der Waals surface area contributed by atoms with Crippen LogP contribution in [0.5, 0.6) is 0 Å². The second-order valence-corrected chi connectivity index (χ2v) is 5.75. The SMILES string of the molecule is CCC(=O)Nc1cccc(C(=O)Nc2ccc(C)c(Br)c2)c1. The van der Waals surface area contributed by atoms with Crippen molar-refractivity contribution in [3.05, 3.63) is 58.1 Å². The number of rotatable bonds is 4. The maximum Gasteiger partial charge on any atom is 0.255 e. The van der Waals surface area contributed by atoms with Gasteiger partial charge in [0.25, 0.3) is 5.91 Å². The zero-order valence-corrected chi connectivity index (χ0v) is 14.0. The summed E-state index contributed by atoms with van der Waals surface area (Å²) in [7, 11) is 0. The second kappa shape index (κ2) is 7.22. The lowest BCUT2D eigenvalue weighted by molar-refractivity contribution is -0.115. The van der Waals surface area contributed by atoms with Gasteiger partial charge in [0.2, 0.25) is 5.91 Å². The van der Waals surface area contributed by atoms with Crippen LogP contribution in [-0.4, -0.2) is 11.8 Å². The molecule has 2 N–H and O–H groups in total. The normalized spacial score (nSPS) is 10.1. The minimum Gasteiger partial charge on any atom is -0.326 e. The molecule has 0 aromatic heterocycles. The van der Waals surface area contributed by atoms with Gasteiger partial charge in [-0.2, -0.15) is 0 Å². The number of carbonyl (C=O) groups is 2. The second-order valence-electron chi connectivity index (χ2n) is 4.90. The van der Waals surface area contributed by atoms with Gasteiger partial charge in [0.15, 0.2) is 0 Å². The van der Waals surface area contributed by atoms with Crippen molar-refractivity contribution in [2.24, 2.45) is 0 Å². The number of hydrogen-bond donors (Lipinski definition) is 2. The Balaban J connectivity index is 2.13. The Morgan fingerprint density at radius 3 is 2.45 bits per heavy atom. The van der Waals surface area contributed by atoms with Gasteiger partial charge in [0.1, 0.15) is 0 Å². The van der Waals surface area contributed by atoms with E-state index < -0.39 is 0 Å². The molecule has 2 rings (SSSR count). The molecule has 0 saturated heterocycles. The van der Waals surface area contributed by atoms with E-state index in [0.29, 0.717) is 23.4 Å². The molecule has 4 nitrogen and oxygen atoms in total. The van der Waals surface area contributed by atoms with E-state index >= 15 is 0 Å². The van der Waals surface area contributed by atoms with Crippen LogP contribution in [0.1, 0.15) is 29.3 Å². The first-order valence-electron chi connectivity index (χ1n) is 6.97. The standard InChI is InChI=1S/C17H17BrN2O2/c1-3-16(21)19-13-6-4-5-12(9-13)17(22)20-14-8-7-11(2)15(18)10-14/h4-10H,3H2,1-2H3,(H,19,21)(H,20,22). The van der Waals surface area contributed by atoms with Gasteiger partial charge in [-0.15, -0.1) is 0 Å². The Morgan fingerprint density at radius 1 is 1.05 bits per heavy atom. The van der Waals surface area contributed by atoms with Crippen molar-refractivity contribution in [3.8, 4) is 0 Å². The van der Waals surface area contributed by atoms with Gasteiger partial charge in [0, 0.05) is 27.8 Å². The van der Waals surface area contributed by atoms with Gasteiger partial charge < -0.3 is 10.6 Å². The summed E-state index contributed by atoms with van der Waals surface area (Å²) in [6.45, 7) is 3.76. The van der Waals surface area contributed by atoms with Gasteiger partial charge in [-0.1, -0.05) is 35.0 Å². The molecule has 5 heteroatoms. The molecule has 0 spiro atoms. The van der Waals surface area contributed by atoms with Crippen molar-refractivity contribution >= 4 is 39.1 Å². The molecular formula is C17H17BrN2O2. The number of amides is 2. The van der Waals surface area contributed by atoms with Crippen LogP contribution in [0.2, 0.25) is 0 Å². The molecule has 0 atom stereocenters. The van der Waals surface area contributed by atoms with Crippen molar-refractivity contribution in [3.63, 3.8) is 0 Å². The van der Waals surface area contributed by atoms with E-state index in [4.69, 9.17) is 0 Å². The zero-order valence-electron chi connectivity index (χ0n) is 12.4. The van der Waals surface area contributed by atoms with Crippen LogP contribution in [0.3, 0.4) is 0 Å². The highest BCUT2D eigenvalue weighted by molar-refractivity contribution is 9.10. The average molecular weight is 361 g/mol. The van der Waals surface area contributed by atoms with E-state index in [1.165, 1.54) is 0 Å². The van der Waals surface area contributed by atoms with E-state index in [1.807, 2.05) is 25.1 Å². The fourth-order valence-electron chi connectivity index (χ4n) is 1.86. The lowest BCUT2D eigenvalue weighted by Gasteiger charge is -2.09. The Labute approximate surface area is 138 Å². The van der Waals surface area contributed by atoms with Crippen molar-refractivity contribution in [1.82, 2.24) is 0 Å². The number of aryl methyl sites for hydroxylation is 1. The third-order valence-electron chi connectivity index (χ3n) is 3.16. The Morgan fingerprint density at radius 2 is 1.77 bits per heavy atom. The monoisotopic (exact) mass is 360 g/mol. The summed E-state index contributed by atoms with van der Waals surface area (Å²) in [6.07, 6.45) is 0.397. The van der Waals surface area contributed by atoms with Gasteiger partial charge in [-0.25, -0.2) is 0 Å². The van der Waals surface area contributed by atoms with Crippen LogP contribution < -0.4 is 10.6 Å². The fraction of sp³-hybridized carbons (Fsp3) is 0.176. The summed E-state index contributed by atoms with van der Waals surface area (Å²) in [5, 5.41) is 5.58.